The van der Waals surface area contributed by atoms with Gasteiger partial charge in [-0.05, 0) is 42.3 Å². The SMILES string of the molecule is CCCc1ccc(CCC(C)(C)CNCC)cc1. The lowest BCUT2D eigenvalue weighted by molar-refractivity contribution is 0.318. The summed E-state index contributed by atoms with van der Waals surface area (Å²) in [5, 5.41) is 3.45. The Kier molecular flexibility index (Phi) is 6.42. The maximum Gasteiger partial charge on any atom is 0.000251 e. The van der Waals surface area contributed by atoms with Crippen LogP contribution >= 0.6 is 0 Å². The van der Waals surface area contributed by atoms with Crippen molar-refractivity contribution in [2.75, 3.05) is 13.1 Å². The van der Waals surface area contributed by atoms with Gasteiger partial charge in [0.15, 0.2) is 0 Å². The van der Waals surface area contributed by atoms with Gasteiger partial charge >= 0.3 is 0 Å². The minimum absolute atomic E-state index is 0.387. The van der Waals surface area contributed by atoms with Crippen LogP contribution < -0.4 is 5.32 Å². The Morgan fingerprint density at radius 1 is 0.944 bits per heavy atom. The fourth-order valence-electron chi connectivity index (χ4n) is 2.20. The summed E-state index contributed by atoms with van der Waals surface area (Å²) in [6.07, 6.45) is 4.86. The average molecular weight is 247 g/mol. The Morgan fingerprint density at radius 3 is 2.00 bits per heavy atom. The largest absolute Gasteiger partial charge is 0.316 e. The molecule has 1 N–H and O–H groups in total. The van der Waals surface area contributed by atoms with E-state index in [9.17, 15) is 0 Å². The molecule has 1 aromatic carbocycles. The Balaban J connectivity index is 2.42. The highest BCUT2D eigenvalue weighted by Crippen LogP contribution is 2.22. The molecule has 0 aliphatic rings. The van der Waals surface area contributed by atoms with Gasteiger partial charge in [0.05, 0.1) is 0 Å². The lowest BCUT2D eigenvalue weighted by Gasteiger charge is -2.24. The summed E-state index contributed by atoms with van der Waals surface area (Å²) in [4.78, 5) is 0. The maximum atomic E-state index is 3.45. The van der Waals surface area contributed by atoms with E-state index in [1.54, 1.807) is 0 Å². The fraction of sp³-hybridized carbons (Fsp3) is 0.647. The molecule has 0 aliphatic heterocycles. The van der Waals surface area contributed by atoms with Crippen molar-refractivity contribution in [2.24, 2.45) is 5.41 Å². The highest BCUT2D eigenvalue weighted by atomic mass is 14.9. The molecule has 0 aliphatic carbocycles. The van der Waals surface area contributed by atoms with Crippen LogP contribution in [0.2, 0.25) is 0 Å². The zero-order chi connectivity index (χ0) is 13.4. The second-order valence-corrected chi connectivity index (χ2v) is 6.01. The topological polar surface area (TPSA) is 12.0 Å². The quantitative estimate of drug-likeness (QED) is 0.725. The summed E-state index contributed by atoms with van der Waals surface area (Å²) in [5.41, 5.74) is 3.32. The first-order valence-corrected chi connectivity index (χ1v) is 7.36. The van der Waals surface area contributed by atoms with Crippen molar-refractivity contribution < 1.29 is 0 Å². The van der Waals surface area contributed by atoms with Gasteiger partial charge < -0.3 is 5.32 Å². The van der Waals surface area contributed by atoms with E-state index in [-0.39, 0.29) is 0 Å². The summed E-state index contributed by atoms with van der Waals surface area (Å²) in [6, 6.07) is 9.18. The average Bonchev–Trinajstić information content (AvgIpc) is 2.36. The highest BCUT2D eigenvalue weighted by Gasteiger charge is 2.16. The number of benzene rings is 1. The van der Waals surface area contributed by atoms with E-state index < -0.39 is 0 Å². The molecule has 0 bridgehead atoms. The molecule has 0 heterocycles. The molecule has 1 nitrogen and oxygen atoms in total. The molecule has 18 heavy (non-hydrogen) atoms. The number of rotatable bonds is 8. The molecule has 0 atom stereocenters. The smallest absolute Gasteiger partial charge is 0.000251 e. The van der Waals surface area contributed by atoms with E-state index in [2.05, 4.69) is 57.3 Å². The van der Waals surface area contributed by atoms with Crippen molar-refractivity contribution in [1.82, 2.24) is 5.32 Å². The summed E-state index contributed by atoms with van der Waals surface area (Å²) < 4.78 is 0. The van der Waals surface area contributed by atoms with Crippen LogP contribution in [0.3, 0.4) is 0 Å². The Bertz CT molecular complexity index is 324. The predicted octanol–water partition coefficient (Wildman–Crippen LogP) is 4.21. The lowest BCUT2D eigenvalue weighted by Crippen LogP contribution is -2.29. The highest BCUT2D eigenvalue weighted by molar-refractivity contribution is 5.22. The molecule has 0 amide bonds. The molecule has 1 heteroatoms. The first kappa shape index (κ1) is 15.2. The second kappa shape index (κ2) is 7.58. The van der Waals surface area contributed by atoms with E-state index in [0.29, 0.717) is 5.41 Å². The monoisotopic (exact) mass is 247 g/mol. The van der Waals surface area contributed by atoms with Crippen molar-refractivity contribution in [1.29, 1.82) is 0 Å². The van der Waals surface area contributed by atoms with Gasteiger partial charge in [0, 0.05) is 6.54 Å². The zero-order valence-corrected chi connectivity index (χ0v) is 12.6. The van der Waals surface area contributed by atoms with E-state index in [1.165, 1.54) is 36.8 Å². The van der Waals surface area contributed by atoms with Gasteiger partial charge in [-0.3, -0.25) is 0 Å². The Morgan fingerprint density at radius 2 is 1.50 bits per heavy atom. The number of aryl methyl sites for hydroxylation is 2. The van der Waals surface area contributed by atoms with E-state index in [4.69, 9.17) is 0 Å². The minimum atomic E-state index is 0.387. The third-order valence-corrected chi connectivity index (χ3v) is 3.51. The van der Waals surface area contributed by atoms with Gasteiger partial charge in [0.25, 0.3) is 0 Å². The van der Waals surface area contributed by atoms with Crippen LogP contribution in [0.4, 0.5) is 0 Å². The van der Waals surface area contributed by atoms with Crippen LogP contribution in [-0.2, 0) is 12.8 Å². The van der Waals surface area contributed by atoms with Gasteiger partial charge in [-0.2, -0.15) is 0 Å². The predicted molar refractivity (Wildman–Crippen MR) is 81.1 cm³/mol. The van der Waals surface area contributed by atoms with Crippen LogP contribution in [0.5, 0.6) is 0 Å². The van der Waals surface area contributed by atoms with Gasteiger partial charge in [-0.25, -0.2) is 0 Å². The van der Waals surface area contributed by atoms with Crippen molar-refractivity contribution in [3.8, 4) is 0 Å². The lowest BCUT2D eigenvalue weighted by atomic mass is 9.86. The molecule has 0 radical (unpaired) electrons. The summed E-state index contributed by atoms with van der Waals surface area (Å²) in [7, 11) is 0. The number of hydrogen-bond donors (Lipinski definition) is 1. The van der Waals surface area contributed by atoms with Gasteiger partial charge in [0.2, 0.25) is 0 Å². The third-order valence-electron chi connectivity index (χ3n) is 3.51. The molecular weight excluding hydrogens is 218 g/mol. The van der Waals surface area contributed by atoms with Crippen molar-refractivity contribution in [3.05, 3.63) is 35.4 Å². The molecular formula is C17H29N. The third kappa shape index (κ3) is 5.68. The zero-order valence-electron chi connectivity index (χ0n) is 12.6. The van der Waals surface area contributed by atoms with E-state index in [0.717, 1.165) is 13.1 Å². The molecule has 0 fully saturated rings. The molecule has 102 valence electrons. The van der Waals surface area contributed by atoms with E-state index in [1.807, 2.05) is 0 Å². The van der Waals surface area contributed by atoms with Gasteiger partial charge in [-0.1, -0.05) is 58.4 Å². The molecule has 1 rings (SSSR count). The van der Waals surface area contributed by atoms with Crippen molar-refractivity contribution in [3.63, 3.8) is 0 Å². The normalized spacial score (nSPS) is 11.8. The molecule has 0 aromatic heterocycles. The first-order chi connectivity index (χ1) is 8.57. The molecule has 0 spiro atoms. The van der Waals surface area contributed by atoms with Gasteiger partial charge in [0.1, 0.15) is 0 Å². The number of nitrogens with one attached hydrogen (secondary N) is 1. The fourth-order valence-corrected chi connectivity index (χ4v) is 2.20. The number of hydrogen-bond acceptors (Lipinski definition) is 1. The summed E-state index contributed by atoms with van der Waals surface area (Å²) in [6.45, 7) is 11.3. The van der Waals surface area contributed by atoms with Crippen LogP contribution in [-0.4, -0.2) is 13.1 Å². The standard InChI is InChI=1S/C17H29N/c1-5-7-15-8-10-16(11-9-15)12-13-17(3,4)14-18-6-2/h8-11,18H,5-7,12-14H2,1-4H3. The van der Waals surface area contributed by atoms with Crippen LogP contribution in [0.25, 0.3) is 0 Å². The van der Waals surface area contributed by atoms with Crippen LogP contribution in [0.15, 0.2) is 24.3 Å². The maximum absolute atomic E-state index is 3.45. The van der Waals surface area contributed by atoms with Crippen molar-refractivity contribution >= 4 is 0 Å². The van der Waals surface area contributed by atoms with Crippen molar-refractivity contribution in [2.45, 2.75) is 53.4 Å². The summed E-state index contributed by atoms with van der Waals surface area (Å²) >= 11 is 0. The minimum Gasteiger partial charge on any atom is -0.316 e. The molecule has 0 unspecified atom stereocenters. The van der Waals surface area contributed by atoms with Gasteiger partial charge in [-0.15, -0.1) is 0 Å². The molecule has 0 saturated carbocycles. The summed E-state index contributed by atoms with van der Waals surface area (Å²) in [5.74, 6) is 0. The second-order valence-electron chi connectivity index (χ2n) is 6.01. The van der Waals surface area contributed by atoms with Crippen LogP contribution in [0.1, 0.15) is 51.7 Å². The Labute approximate surface area is 113 Å². The van der Waals surface area contributed by atoms with E-state index >= 15 is 0 Å². The first-order valence-electron chi connectivity index (χ1n) is 7.36. The van der Waals surface area contributed by atoms with Crippen LogP contribution in [0, 0.1) is 5.41 Å². The Hall–Kier alpha value is -0.820. The molecule has 0 saturated heterocycles. The molecule has 1 aromatic rings.